The number of fused-ring (bicyclic) bond motifs is 2. The van der Waals surface area contributed by atoms with Gasteiger partial charge in [0.2, 0.25) is 11.8 Å². The van der Waals surface area contributed by atoms with Gasteiger partial charge in [0.1, 0.15) is 5.75 Å². The van der Waals surface area contributed by atoms with Gasteiger partial charge in [-0.05, 0) is 76.0 Å². The van der Waals surface area contributed by atoms with Crippen molar-refractivity contribution in [3.05, 3.63) is 117 Å². The lowest BCUT2D eigenvalue weighted by Gasteiger charge is -2.51. The minimum atomic E-state index is -1.11. The Bertz CT molecular complexity index is 2320. The van der Waals surface area contributed by atoms with Crippen molar-refractivity contribution >= 4 is 52.4 Å². The smallest absolute Gasteiger partial charge is 0.335 e. The fourth-order valence-corrected chi connectivity index (χ4v) is 9.53. The van der Waals surface area contributed by atoms with Crippen molar-refractivity contribution in [3.63, 3.8) is 0 Å². The van der Waals surface area contributed by atoms with Crippen LogP contribution in [0.25, 0.3) is 11.4 Å². The number of hydrogen-bond donors (Lipinski definition) is 4. The summed E-state index contributed by atoms with van der Waals surface area (Å²) in [5, 5.41) is 31.8. The van der Waals surface area contributed by atoms with Crippen LogP contribution in [0.5, 0.6) is 5.75 Å². The number of tetrazole rings is 1. The molecule has 2 amide bonds. The van der Waals surface area contributed by atoms with E-state index >= 15 is 0 Å². The van der Waals surface area contributed by atoms with Crippen molar-refractivity contribution in [1.82, 2.24) is 30.8 Å². The molecule has 4 aromatic carbocycles. The van der Waals surface area contributed by atoms with Gasteiger partial charge in [-0.15, -0.1) is 5.10 Å². The number of ether oxygens (including phenoxy) is 1. The molecule has 2 fully saturated rings. The molecular formula is C41H40Cl2N8O5. The van der Waals surface area contributed by atoms with Crippen LogP contribution >= 0.6 is 23.2 Å². The highest BCUT2D eigenvalue weighted by atomic mass is 35.5. The van der Waals surface area contributed by atoms with Crippen LogP contribution in [0.4, 0.5) is 11.4 Å². The predicted octanol–water partition coefficient (Wildman–Crippen LogP) is 6.16. The number of carbonyl (C=O) groups excluding carboxylic acids is 2. The maximum atomic E-state index is 14.9. The molecule has 4 heterocycles. The van der Waals surface area contributed by atoms with E-state index in [1.807, 2.05) is 59.5 Å². The summed E-state index contributed by atoms with van der Waals surface area (Å²) in [6, 6.07) is 24.9. The first kappa shape index (κ1) is 37.4. The van der Waals surface area contributed by atoms with E-state index in [0.29, 0.717) is 54.2 Å². The molecule has 0 unspecified atom stereocenters. The van der Waals surface area contributed by atoms with Crippen LogP contribution in [-0.2, 0) is 21.5 Å². The Balaban J connectivity index is 1.24. The highest BCUT2D eigenvalue weighted by Crippen LogP contribution is 2.59. The van der Waals surface area contributed by atoms with Gasteiger partial charge in [-0.2, -0.15) is 0 Å². The molecule has 3 aliphatic rings. The third-order valence-electron chi connectivity index (χ3n) is 11.6. The lowest BCUT2D eigenvalue weighted by Crippen LogP contribution is -2.60. The number of methoxy groups -OCH3 is 1. The standard InChI is InChI=1S/C41H40Cl2N8O5/c1-23(52)51-20-40(2,21-51)18-34-41(22-50(32-15-13-27(42)17-29(32)41)19-24-8-10-25(11-9-24)37-46-48-49-47-37)35(28-6-4-5-7-30(28)43)36(45-34)38(53)44-31-14-12-26(39(54)55)16-33(31)56-3/h4-17,34-36,45H,18-22H2,1-3H3,(H,44,53)(H,54,55)(H,46,47,48,49)/t34-,35-,36+,41-/m0/s1. The first-order valence-electron chi connectivity index (χ1n) is 18.3. The second-order valence-electron chi connectivity index (χ2n) is 15.3. The quantitative estimate of drug-likeness (QED) is 0.129. The minimum absolute atomic E-state index is 0.0281. The number of carboxylic acid groups (broad SMARTS) is 1. The van der Waals surface area contributed by atoms with E-state index in [0.717, 1.165) is 27.9 Å². The topological polar surface area (TPSA) is 166 Å². The van der Waals surface area contributed by atoms with Crippen LogP contribution in [0.2, 0.25) is 10.0 Å². The minimum Gasteiger partial charge on any atom is -0.495 e. The maximum Gasteiger partial charge on any atom is 0.335 e. The number of nitrogens with one attached hydrogen (secondary N) is 3. The number of hydrogen-bond acceptors (Lipinski definition) is 9. The van der Waals surface area contributed by atoms with E-state index in [-0.39, 0.29) is 34.6 Å². The number of carboxylic acids is 1. The number of halogens is 2. The third-order valence-corrected chi connectivity index (χ3v) is 12.2. The number of carbonyl (C=O) groups is 3. The lowest BCUT2D eigenvalue weighted by atomic mass is 9.61. The molecule has 4 atom stereocenters. The summed E-state index contributed by atoms with van der Waals surface area (Å²) in [6.07, 6.45) is 0.651. The monoisotopic (exact) mass is 794 g/mol. The van der Waals surface area contributed by atoms with Gasteiger partial charge in [0.25, 0.3) is 0 Å². The zero-order valence-electron chi connectivity index (χ0n) is 30.9. The van der Waals surface area contributed by atoms with Crippen molar-refractivity contribution in [3.8, 4) is 17.1 Å². The normalized spacial score (nSPS) is 22.1. The van der Waals surface area contributed by atoms with E-state index in [1.54, 1.807) is 6.92 Å². The molecule has 0 saturated carbocycles. The van der Waals surface area contributed by atoms with Crippen molar-refractivity contribution in [1.29, 1.82) is 0 Å². The summed E-state index contributed by atoms with van der Waals surface area (Å²) in [7, 11) is 1.43. The first-order chi connectivity index (χ1) is 26.9. The number of amides is 2. The number of nitrogens with zero attached hydrogens (tertiary/aromatic N) is 5. The number of H-pyrrole nitrogens is 1. The van der Waals surface area contributed by atoms with E-state index in [1.165, 1.54) is 25.3 Å². The van der Waals surface area contributed by atoms with Gasteiger partial charge in [-0.1, -0.05) is 72.6 Å². The molecule has 2 saturated heterocycles. The Morgan fingerprint density at radius 1 is 1.00 bits per heavy atom. The number of anilines is 2. The number of aromatic carboxylic acids is 1. The third kappa shape index (κ3) is 6.63. The first-order valence-corrected chi connectivity index (χ1v) is 19.0. The molecule has 13 nitrogen and oxygen atoms in total. The zero-order valence-corrected chi connectivity index (χ0v) is 32.4. The molecular weight excluding hydrogens is 755 g/mol. The lowest BCUT2D eigenvalue weighted by molar-refractivity contribution is -0.140. The molecule has 1 aromatic heterocycles. The fraction of sp³-hybridized carbons (Fsp3) is 0.317. The Labute approximate surface area is 333 Å². The highest BCUT2D eigenvalue weighted by molar-refractivity contribution is 6.31. The van der Waals surface area contributed by atoms with E-state index < -0.39 is 23.3 Å². The van der Waals surface area contributed by atoms with Crippen molar-refractivity contribution in [2.24, 2.45) is 5.41 Å². The highest BCUT2D eigenvalue weighted by Gasteiger charge is 2.64. The second kappa shape index (κ2) is 14.5. The van der Waals surface area contributed by atoms with E-state index in [9.17, 15) is 19.5 Å². The van der Waals surface area contributed by atoms with Crippen molar-refractivity contribution in [2.75, 3.05) is 37.0 Å². The Kier molecular flexibility index (Phi) is 9.71. The number of benzene rings is 4. The maximum absolute atomic E-state index is 14.9. The van der Waals surface area contributed by atoms with Crippen LogP contribution in [0, 0.1) is 5.41 Å². The molecule has 0 radical (unpaired) electrons. The Morgan fingerprint density at radius 3 is 2.45 bits per heavy atom. The van der Waals surface area contributed by atoms with Crippen molar-refractivity contribution in [2.45, 2.75) is 50.2 Å². The van der Waals surface area contributed by atoms with E-state index in [4.69, 9.17) is 27.9 Å². The van der Waals surface area contributed by atoms with Crippen LogP contribution in [0.15, 0.2) is 84.9 Å². The second-order valence-corrected chi connectivity index (χ2v) is 16.1. The molecule has 3 aliphatic heterocycles. The summed E-state index contributed by atoms with van der Waals surface area (Å²) in [5.41, 5.74) is 4.12. The summed E-state index contributed by atoms with van der Waals surface area (Å²) in [5.74, 6) is -1.12. The van der Waals surface area contributed by atoms with Gasteiger partial charge in [-0.3, -0.25) is 9.59 Å². The molecule has 0 bridgehead atoms. The Hall–Kier alpha value is -5.50. The molecule has 5 aromatic rings. The van der Waals surface area contributed by atoms with Crippen LogP contribution in [0.3, 0.4) is 0 Å². The molecule has 15 heteroatoms. The average Bonchev–Trinajstić information content (AvgIpc) is 3.89. The van der Waals surface area contributed by atoms with Gasteiger partial charge in [0.15, 0.2) is 5.82 Å². The van der Waals surface area contributed by atoms with E-state index in [2.05, 4.69) is 55.2 Å². The fourth-order valence-electron chi connectivity index (χ4n) is 9.10. The van der Waals surface area contributed by atoms with Crippen LogP contribution in [-0.4, -0.2) is 87.2 Å². The van der Waals surface area contributed by atoms with Crippen LogP contribution in [0.1, 0.15) is 53.2 Å². The molecule has 288 valence electrons. The molecule has 8 rings (SSSR count). The van der Waals surface area contributed by atoms with Gasteiger partial charge in [0, 0.05) is 77.2 Å². The SMILES string of the molecule is COc1cc(C(=O)O)ccc1NC(=O)[C@@H]1N[C@@H](CC2(C)CN(C(C)=O)C2)[C@@]2(CN(Cc3ccc(-c4nnn[nH]4)cc3)c3ccc(Cl)cc32)[C@H]1c1ccccc1Cl. The average molecular weight is 796 g/mol. The van der Waals surface area contributed by atoms with Gasteiger partial charge < -0.3 is 30.3 Å². The van der Waals surface area contributed by atoms with Gasteiger partial charge >= 0.3 is 5.97 Å². The zero-order chi connectivity index (χ0) is 39.4. The molecule has 0 aliphatic carbocycles. The summed E-state index contributed by atoms with van der Waals surface area (Å²) < 4.78 is 5.54. The number of aromatic nitrogens is 4. The van der Waals surface area contributed by atoms with Crippen LogP contribution < -0.4 is 20.3 Å². The molecule has 4 N–H and O–H groups in total. The summed E-state index contributed by atoms with van der Waals surface area (Å²) in [6.45, 7) is 6.05. The van der Waals surface area contributed by atoms with Crippen molar-refractivity contribution < 1.29 is 24.2 Å². The molecule has 56 heavy (non-hydrogen) atoms. The Morgan fingerprint density at radius 2 is 1.77 bits per heavy atom. The summed E-state index contributed by atoms with van der Waals surface area (Å²) in [4.78, 5) is 43.2. The predicted molar refractivity (Wildman–Crippen MR) is 212 cm³/mol. The number of rotatable bonds is 10. The van der Waals surface area contributed by atoms with Gasteiger partial charge in [0.05, 0.1) is 24.4 Å². The largest absolute Gasteiger partial charge is 0.495 e. The summed E-state index contributed by atoms with van der Waals surface area (Å²) >= 11 is 14.0. The van der Waals surface area contributed by atoms with Gasteiger partial charge in [-0.25, -0.2) is 9.89 Å². The number of aromatic amines is 1. The molecule has 1 spiro atoms. The number of likely N-dealkylation sites (tertiary alicyclic amines) is 1.